The zero-order valence-corrected chi connectivity index (χ0v) is 21.4. The molecular weight excluding hydrogens is 422 g/mol. The summed E-state index contributed by atoms with van der Waals surface area (Å²) in [6, 6.07) is 7.92. The van der Waals surface area contributed by atoms with Crippen molar-refractivity contribution in [3.05, 3.63) is 59.2 Å². The third kappa shape index (κ3) is 6.10. The monoisotopic (exact) mass is 466 g/mol. The third-order valence-electron chi connectivity index (χ3n) is 8.74. The van der Waals surface area contributed by atoms with Crippen molar-refractivity contribution in [1.82, 2.24) is 0 Å². The van der Waals surface area contributed by atoms with E-state index in [1.807, 2.05) is 18.2 Å². The van der Waals surface area contributed by atoms with Crippen LogP contribution in [0.5, 0.6) is 0 Å². The van der Waals surface area contributed by atoms with Gasteiger partial charge in [0.25, 0.3) is 0 Å². The minimum atomic E-state index is -0.638. The number of fused-ring (bicyclic) bond motifs is 1. The van der Waals surface area contributed by atoms with Crippen LogP contribution in [-0.4, -0.2) is 0 Å². The van der Waals surface area contributed by atoms with Crippen LogP contribution in [0, 0.1) is 29.4 Å². The quantitative estimate of drug-likeness (QED) is 0.255. The highest BCUT2D eigenvalue weighted by molar-refractivity contribution is 5.85. The summed E-state index contributed by atoms with van der Waals surface area (Å²) in [7, 11) is 0. The van der Waals surface area contributed by atoms with E-state index in [0.29, 0.717) is 10.9 Å². The Labute approximate surface area is 206 Å². The molecule has 0 atom stereocenters. The Balaban J connectivity index is 1.36. The Bertz CT molecular complexity index is 943. The van der Waals surface area contributed by atoms with Gasteiger partial charge in [0, 0.05) is 5.39 Å². The fourth-order valence-corrected chi connectivity index (χ4v) is 6.59. The second-order valence-corrected chi connectivity index (χ2v) is 11.1. The lowest BCUT2D eigenvalue weighted by Crippen LogP contribution is -2.25. The van der Waals surface area contributed by atoms with Gasteiger partial charge >= 0.3 is 0 Å². The van der Waals surface area contributed by atoms with Gasteiger partial charge < -0.3 is 0 Å². The SMILES string of the molecule is CCC/C=C/C1CCC(C2CCC(c3cc4ccc(CCCCC)cc4c(F)c3F)CC2)CC1. The first kappa shape index (κ1) is 25.4. The van der Waals surface area contributed by atoms with Gasteiger partial charge in [-0.1, -0.05) is 57.4 Å². The molecule has 2 heteroatoms. The average molecular weight is 467 g/mol. The zero-order valence-electron chi connectivity index (χ0n) is 21.4. The number of aryl methyl sites for hydroxylation is 1. The van der Waals surface area contributed by atoms with Gasteiger partial charge in [-0.15, -0.1) is 0 Å². The number of hydrogen-bond acceptors (Lipinski definition) is 0. The Morgan fingerprint density at radius 3 is 2.18 bits per heavy atom. The molecule has 186 valence electrons. The number of hydrogen-bond donors (Lipinski definition) is 0. The van der Waals surface area contributed by atoms with Gasteiger partial charge in [0.15, 0.2) is 11.6 Å². The van der Waals surface area contributed by atoms with Crippen molar-refractivity contribution < 1.29 is 8.78 Å². The smallest absolute Gasteiger partial charge is 0.166 e. The molecule has 0 aromatic heterocycles. The number of halogens is 2. The summed E-state index contributed by atoms with van der Waals surface area (Å²) >= 11 is 0. The lowest BCUT2D eigenvalue weighted by molar-refractivity contribution is 0.170. The van der Waals surface area contributed by atoms with Crippen LogP contribution in [0.15, 0.2) is 36.4 Å². The highest BCUT2D eigenvalue weighted by Gasteiger charge is 2.32. The molecule has 0 unspecified atom stereocenters. The average Bonchev–Trinajstić information content (AvgIpc) is 2.87. The molecule has 2 saturated carbocycles. The summed E-state index contributed by atoms with van der Waals surface area (Å²) in [5.74, 6) is 1.31. The van der Waals surface area contributed by atoms with Crippen LogP contribution in [0.2, 0.25) is 0 Å². The maximum absolute atomic E-state index is 15.2. The topological polar surface area (TPSA) is 0 Å². The van der Waals surface area contributed by atoms with Crippen LogP contribution in [0.1, 0.15) is 114 Å². The van der Waals surface area contributed by atoms with E-state index in [2.05, 4.69) is 32.1 Å². The van der Waals surface area contributed by atoms with Gasteiger partial charge in [-0.25, -0.2) is 8.78 Å². The van der Waals surface area contributed by atoms with Crippen LogP contribution < -0.4 is 0 Å². The molecule has 2 fully saturated rings. The van der Waals surface area contributed by atoms with Gasteiger partial charge in [0.1, 0.15) is 0 Å². The molecule has 0 N–H and O–H groups in total. The minimum Gasteiger partial charge on any atom is -0.203 e. The predicted octanol–water partition coefficient (Wildman–Crippen LogP) is 10.3. The molecule has 0 aliphatic heterocycles. The van der Waals surface area contributed by atoms with Crippen molar-refractivity contribution in [2.24, 2.45) is 17.8 Å². The fraction of sp³-hybridized carbons (Fsp3) is 0.625. The molecule has 0 nitrogen and oxygen atoms in total. The van der Waals surface area contributed by atoms with E-state index in [9.17, 15) is 0 Å². The van der Waals surface area contributed by atoms with Gasteiger partial charge in [-0.3, -0.25) is 0 Å². The Morgan fingerprint density at radius 1 is 0.794 bits per heavy atom. The molecule has 2 aromatic carbocycles. The summed E-state index contributed by atoms with van der Waals surface area (Å²) < 4.78 is 30.3. The van der Waals surface area contributed by atoms with Crippen molar-refractivity contribution in [1.29, 1.82) is 0 Å². The lowest BCUT2D eigenvalue weighted by atomic mass is 9.68. The molecule has 0 spiro atoms. The molecule has 0 bridgehead atoms. The minimum absolute atomic E-state index is 0.160. The first-order valence-electron chi connectivity index (χ1n) is 14.2. The highest BCUT2D eigenvalue weighted by atomic mass is 19.2. The number of unbranched alkanes of at least 4 members (excludes halogenated alkanes) is 3. The summed E-state index contributed by atoms with van der Waals surface area (Å²) in [6.07, 6.45) is 21.3. The van der Waals surface area contributed by atoms with Crippen LogP contribution in [0.3, 0.4) is 0 Å². The van der Waals surface area contributed by atoms with Crippen molar-refractivity contribution in [3.63, 3.8) is 0 Å². The molecule has 0 amide bonds. The van der Waals surface area contributed by atoms with Gasteiger partial charge in [-0.2, -0.15) is 0 Å². The molecule has 2 aliphatic rings. The van der Waals surface area contributed by atoms with E-state index in [0.717, 1.165) is 54.4 Å². The van der Waals surface area contributed by atoms with Crippen LogP contribution in [-0.2, 0) is 6.42 Å². The molecule has 0 saturated heterocycles. The second kappa shape index (κ2) is 12.3. The summed E-state index contributed by atoms with van der Waals surface area (Å²) in [5, 5.41) is 1.30. The van der Waals surface area contributed by atoms with E-state index in [4.69, 9.17) is 0 Å². The molecule has 4 rings (SSSR count). The largest absolute Gasteiger partial charge is 0.203 e. The van der Waals surface area contributed by atoms with Crippen LogP contribution >= 0.6 is 0 Å². The molecule has 2 aromatic rings. The molecule has 0 heterocycles. The molecular formula is C32H44F2. The maximum Gasteiger partial charge on any atom is 0.166 e. The zero-order chi connectivity index (χ0) is 23.9. The second-order valence-electron chi connectivity index (χ2n) is 11.1. The third-order valence-corrected chi connectivity index (χ3v) is 8.74. The van der Waals surface area contributed by atoms with E-state index in [1.165, 1.54) is 64.2 Å². The first-order valence-corrected chi connectivity index (χ1v) is 14.2. The first-order chi connectivity index (χ1) is 16.6. The standard InChI is InChI=1S/C32H44F2/c1-3-5-7-9-23-11-14-25(15-12-23)26-17-19-27(20-18-26)30-22-28-16-13-24(10-8-6-4-2)21-29(28)31(33)32(30)34/h7,9,13,16,21-23,25-27H,3-6,8,10-12,14-15,17-20H2,1-2H3/b9-7+. The highest BCUT2D eigenvalue weighted by Crippen LogP contribution is 2.45. The maximum atomic E-state index is 15.2. The fourth-order valence-electron chi connectivity index (χ4n) is 6.59. The van der Waals surface area contributed by atoms with Crippen molar-refractivity contribution in [2.45, 2.75) is 110 Å². The van der Waals surface area contributed by atoms with E-state index < -0.39 is 11.6 Å². The van der Waals surface area contributed by atoms with Crippen LogP contribution in [0.25, 0.3) is 10.8 Å². The number of benzene rings is 2. The summed E-state index contributed by atoms with van der Waals surface area (Å²) in [5.41, 5.74) is 1.73. The van der Waals surface area contributed by atoms with Crippen molar-refractivity contribution >= 4 is 10.8 Å². The van der Waals surface area contributed by atoms with E-state index >= 15 is 8.78 Å². The van der Waals surface area contributed by atoms with Gasteiger partial charge in [0.2, 0.25) is 0 Å². The Morgan fingerprint density at radius 2 is 1.50 bits per heavy atom. The number of allylic oxidation sites excluding steroid dienone is 2. The number of rotatable bonds is 9. The van der Waals surface area contributed by atoms with Gasteiger partial charge in [-0.05, 0) is 123 Å². The Hall–Kier alpha value is -1.70. The predicted molar refractivity (Wildman–Crippen MR) is 141 cm³/mol. The molecule has 34 heavy (non-hydrogen) atoms. The molecule has 2 aliphatic carbocycles. The summed E-state index contributed by atoms with van der Waals surface area (Å²) in [4.78, 5) is 0. The lowest BCUT2D eigenvalue weighted by Gasteiger charge is -2.37. The van der Waals surface area contributed by atoms with Crippen LogP contribution in [0.4, 0.5) is 8.78 Å². The van der Waals surface area contributed by atoms with E-state index in [1.54, 1.807) is 0 Å². The molecule has 0 radical (unpaired) electrons. The normalized spacial score (nSPS) is 25.9. The summed E-state index contributed by atoms with van der Waals surface area (Å²) in [6.45, 7) is 4.42. The Kier molecular flexibility index (Phi) is 9.20. The van der Waals surface area contributed by atoms with Crippen molar-refractivity contribution in [3.8, 4) is 0 Å². The van der Waals surface area contributed by atoms with Crippen molar-refractivity contribution in [2.75, 3.05) is 0 Å². The van der Waals surface area contributed by atoms with E-state index in [-0.39, 0.29) is 5.92 Å². The van der Waals surface area contributed by atoms with Gasteiger partial charge in [0.05, 0.1) is 0 Å².